The minimum Gasteiger partial charge on any atom is -0.387 e. The van der Waals surface area contributed by atoms with Gasteiger partial charge in [-0.15, -0.1) is 11.8 Å². The molecule has 0 saturated carbocycles. The van der Waals surface area contributed by atoms with Crippen LogP contribution >= 0.6 is 24.4 Å². The Morgan fingerprint density at radius 1 is 1.40 bits per heavy atom. The molecule has 0 unspecified atom stereocenters. The van der Waals surface area contributed by atoms with Gasteiger partial charge >= 0.3 is 0 Å². The molecule has 0 bridgehead atoms. The summed E-state index contributed by atoms with van der Waals surface area (Å²) in [5.41, 5.74) is 6.83. The predicted octanol–water partition coefficient (Wildman–Crippen LogP) is 2.37. The number of rotatable bonds is 5. The molecule has 0 radical (unpaired) electrons. The molecule has 1 rings (SSSR count). The Bertz CT molecular complexity index is 320. The van der Waals surface area contributed by atoms with E-state index in [1.807, 2.05) is 0 Å². The van der Waals surface area contributed by atoms with Crippen LogP contribution in [0.4, 0.5) is 0 Å². The fraction of sp³-hybridized carbons (Fsp3) is 0.364. The van der Waals surface area contributed by atoms with E-state index in [2.05, 4.69) is 48.8 Å². The van der Waals surface area contributed by atoms with Crippen molar-refractivity contribution in [1.29, 1.82) is 0 Å². The Morgan fingerprint density at radius 2 is 2.07 bits per heavy atom. The van der Waals surface area contributed by atoms with Gasteiger partial charge in [-0.05, 0) is 19.1 Å². The van der Waals surface area contributed by atoms with Gasteiger partial charge in [0, 0.05) is 16.4 Å². The number of benzene rings is 1. The first-order chi connectivity index (χ1) is 7.22. The molecule has 0 aliphatic heterocycles. The zero-order valence-electron chi connectivity index (χ0n) is 8.81. The standard InChI is InChI=1S/C11H16N2S2/c1-9-2-4-10(5-3-9)15-7-6-13-11(12)8-14/h2-5,14H,6-8H2,1H3,(H2,12,13). The molecule has 4 heteroatoms. The molecule has 0 saturated heterocycles. The largest absolute Gasteiger partial charge is 0.387 e. The van der Waals surface area contributed by atoms with Crippen molar-refractivity contribution < 1.29 is 0 Å². The number of hydrogen-bond acceptors (Lipinski definition) is 3. The SMILES string of the molecule is Cc1ccc(SCCN=C(N)CS)cc1. The second-order valence-corrected chi connectivity index (χ2v) is 4.68. The van der Waals surface area contributed by atoms with Crippen molar-refractivity contribution in [3.05, 3.63) is 29.8 Å². The third kappa shape index (κ3) is 5.14. The summed E-state index contributed by atoms with van der Waals surface area (Å²) in [5, 5.41) is 0. The first-order valence-corrected chi connectivity index (χ1v) is 6.43. The van der Waals surface area contributed by atoms with Crippen molar-refractivity contribution >= 4 is 30.2 Å². The molecule has 0 aliphatic carbocycles. The average molecular weight is 240 g/mol. The number of thioether (sulfide) groups is 1. The van der Waals surface area contributed by atoms with Crippen molar-refractivity contribution in [2.45, 2.75) is 11.8 Å². The Labute approximate surface area is 101 Å². The van der Waals surface area contributed by atoms with Crippen LogP contribution in [0.5, 0.6) is 0 Å². The second kappa shape index (κ2) is 6.80. The number of nitrogens with two attached hydrogens (primary N) is 1. The van der Waals surface area contributed by atoms with E-state index in [0.717, 1.165) is 12.3 Å². The average Bonchev–Trinajstić information content (AvgIpc) is 2.26. The first kappa shape index (κ1) is 12.5. The minimum atomic E-state index is 0.537. The molecule has 2 nitrogen and oxygen atoms in total. The lowest BCUT2D eigenvalue weighted by Crippen LogP contribution is -2.14. The van der Waals surface area contributed by atoms with Crippen LogP contribution in [0.25, 0.3) is 0 Å². The Kier molecular flexibility index (Phi) is 5.65. The Hall–Kier alpha value is -0.610. The van der Waals surface area contributed by atoms with Crippen molar-refractivity contribution in [1.82, 2.24) is 0 Å². The Balaban J connectivity index is 2.29. The summed E-state index contributed by atoms with van der Waals surface area (Å²) in [5.74, 6) is 2.11. The van der Waals surface area contributed by atoms with Crippen LogP contribution in [0.2, 0.25) is 0 Å². The van der Waals surface area contributed by atoms with Gasteiger partial charge in [0.05, 0.1) is 6.54 Å². The van der Waals surface area contributed by atoms with E-state index in [1.54, 1.807) is 11.8 Å². The molecular formula is C11H16N2S2. The number of aliphatic imine (C=N–C) groups is 1. The van der Waals surface area contributed by atoms with E-state index in [1.165, 1.54) is 10.5 Å². The molecule has 2 N–H and O–H groups in total. The molecule has 0 aromatic heterocycles. The maximum absolute atomic E-state index is 5.54. The van der Waals surface area contributed by atoms with Crippen LogP contribution in [0.3, 0.4) is 0 Å². The summed E-state index contributed by atoms with van der Waals surface area (Å²) in [6.45, 7) is 2.84. The van der Waals surface area contributed by atoms with Crippen molar-refractivity contribution in [3.8, 4) is 0 Å². The van der Waals surface area contributed by atoms with E-state index in [0.29, 0.717) is 11.6 Å². The van der Waals surface area contributed by atoms with Gasteiger partial charge in [0.25, 0.3) is 0 Å². The monoisotopic (exact) mass is 240 g/mol. The second-order valence-electron chi connectivity index (χ2n) is 3.19. The third-order valence-electron chi connectivity index (χ3n) is 1.86. The molecule has 0 amide bonds. The van der Waals surface area contributed by atoms with Crippen molar-refractivity contribution in [2.75, 3.05) is 18.1 Å². The maximum atomic E-state index is 5.54. The highest BCUT2D eigenvalue weighted by Gasteiger charge is 1.93. The fourth-order valence-electron chi connectivity index (χ4n) is 1.04. The van der Waals surface area contributed by atoms with E-state index < -0.39 is 0 Å². The molecular weight excluding hydrogens is 224 g/mol. The van der Waals surface area contributed by atoms with Gasteiger partial charge in [0.2, 0.25) is 0 Å². The summed E-state index contributed by atoms with van der Waals surface area (Å²) >= 11 is 5.83. The molecule has 0 heterocycles. The molecule has 82 valence electrons. The van der Waals surface area contributed by atoms with Crippen LogP contribution in [0.1, 0.15) is 5.56 Å². The normalized spacial score (nSPS) is 11.7. The number of amidine groups is 1. The summed E-state index contributed by atoms with van der Waals surface area (Å²) in [6.07, 6.45) is 0. The highest BCUT2D eigenvalue weighted by Crippen LogP contribution is 2.17. The molecule has 0 aliphatic rings. The topological polar surface area (TPSA) is 38.4 Å². The zero-order chi connectivity index (χ0) is 11.1. The van der Waals surface area contributed by atoms with Crippen LogP contribution in [-0.2, 0) is 0 Å². The minimum absolute atomic E-state index is 0.537. The van der Waals surface area contributed by atoms with Gasteiger partial charge in [0.15, 0.2) is 0 Å². The van der Waals surface area contributed by atoms with Gasteiger partial charge < -0.3 is 5.73 Å². The Morgan fingerprint density at radius 3 is 2.67 bits per heavy atom. The molecule has 0 atom stereocenters. The summed E-state index contributed by atoms with van der Waals surface area (Å²) < 4.78 is 0. The van der Waals surface area contributed by atoms with Gasteiger partial charge in [-0.25, -0.2) is 0 Å². The van der Waals surface area contributed by atoms with Gasteiger partial charge in [-0.3, -0.25) is 4.99 Å². The summed E-state index contributed by atoms with van der Waals surface area (Å²) in [4.78, 5) is 5.45. The molecule has 0 fully saturated rings. The number of nitrogens with zero attached hydrogens (tertiary/aromatic N) is 1. The van der Waals surface area contributed by atoms with Crippen LogP contribution in [0.15, 0.2) is 34.2 Å². The van der Waals surface area contributed by atoms with Gasteiger partial charge in [-0.1, -0.05) is 17.7 Å². The molecule has 1 aromatic carbocycles. The third-order valence-corrected chi connectivity index (χ3v) is 3.17. The molecule has 1 aromatic rings. The lowest BCUT2D eigenvalue weighted by molar-refractivity contribution is 1.13. The van der Waals surface area contributed by atoms with E-state index in [4.69, 9.17) is 5.73 Å². The summed E-state index contributed by atoms with van der Waals surface area (Å²) in [7, 11) is 0. The molecule has 0 spiro atoms. The molecule has 15 heavy (non-hydrogen) atoms. The number of hydrogen-bond donors (Lipinski definition) is 2. The highest BCUT2D eigenvalue weighted by atomic mass is 32.2. The fourth-order valence-corrected chi connectivity index (χ4v) is 1.88. The van der Waals surface area contributed by atoms with Gasteiger partial charge in [-0.2, -0.15) is 12.6 Å². The summed E-state index contributed by atoms with van der Waals surface area (Å²) in [6, 6.07) is 8.50. The lowest BCUT2D eigenvalue weighted by Gasteiger charge is -2.00. The zero-order valence-corrected chi connectivity index (χ0v) is 10.5. The van der Waals surface area contributed by atoms with E-state index >= 15 is 0 Å². The highest BCUT2D eigenvalue weighted by molar-refractivity contribution is 7.99. The van der Waals surface area contributed by atoms with Crippen LogP contribution in [-0.4, -0.2) is 23.9 Å². The van der Waals surface area contributed by atoms with Crippen LogP contribution in [0, 0.1) is 6.92 Å². The van der Waals surface area contributed by atoms with E-state index in [-0.39, 0.29) is 0 Å². The number of thiol groups is 1. The maximum Gasteiger partial charge on any atom is 0.103 e. The quantitative estimate of drug-likeness (QED) is 0.273. The van der Waals surface area contributed by atoms with Crippen molar-refractivity contribution in [3.63, 3.8) is 0 Å². The first-order valence-electron chi connectivity index (χ1n) is 4.81. The van der Waals surface area contributed by atoms with Crippen LogP contribution < -0.4 is 5.73 Å². The predicted molar refractivity (Wildman–Crippen MR) is 72.2 cm³/mol. The smallest absolute Gasteiger partial charge is 0.103 e. The van der Waals surface area contributed by atoms with E-state index in [9.17, 15) is 0 Å². The van der Waals surface area contributed by atoms with Crippen molar-refractivity contribution in [2.24, 2.45) is 10.7 Å². The number of aryl methyl sites for hydroxylation is 1. The van der Waals surface area contributed by atoms with Gasteiger partial charge in [0.1, 0.15) is 5.84 Å². The lowest BCUT2D eigenvalue weighted by atomic mass is 10.2.